The van der Waals surface area contributed by atoms with Gasteiger partial charge in [0.05, 0.1) is 6.54 Å². The first-order valence-corrected chi connectivity index (χ1v) is 7.08. The third kappa shape index (κ3) is 4.09. The first kappa shape index (κ1) is 15.1. The number of rotatable bonds is 5. The average Bonchev–Trinajstić information content (AvgIpc) is 2.48. The second kappa shape index (κ2) is 6.93. The number of ether oxygens (including phenoxy) is 1. The summed E-state index contributed by atoms with van der Waals surface area (Å²) in [6.45, 7) is 5.04. The fraction of sp³-hybridized carbons (Fsp3) is 0.278. The number of hydrogen-bond acceptors (Lipinski definition) is 2. The zero-order valence-corrected chi connectivity index (χ0v) is 12.8. The molecule has 0 aliphatic rings. The van der Waals surface area contributed by atoms with Gasteiger partial charge in [-0.2, -0.15) is 0 Å². The van der Waals surface area contributed by atoms with E-state index in [4.69, 9.17) is 4.74 Å². The summed E-state index contributed by atoms with van der Waals surface area (Å²) in [6.07, 6.45) is 0. The summed E-state index contributed by atoms with van der Waals surface area (Å²) in [5.41, 5.74) is 2.91. The minimum Gasteiger partial charge on any atom is -0.491 e. The van der Waals surface area contributed by atoms with Crippen LogP contribution in [0.15, 0.2) is 48.5 Å². The molecule has 0 aliphatic carbocycles. The lowest BCUT2D eigenvalue weighted by molar-refractivity contribution is 0.0773. The number of nitrogens with zero attached hydrogens (tertiary/aromatic N) is 1. The maximum absolute atomic E-state index is 12.3. The van der Waals surface area contributed by atoms with Crippen LogP contribution >= 0.6 is 0 Å². The highest BCUT2D eigenvalue weighted by molar-refractivity contribution is 5.94. The summed E-state index contributed by atoms with van der Waals surface area (Å²) in [5.74, 6) is 0.890. The molecule has 0 unspecified atom stereocenters. The number of likely N-dealkylation sites (N-methyl/N-ethyl adjacent to an activating group) is 1. The topological polar surface area (TPSA) is 29.5 Å². The van der Waals surface area contributed by atoms with Crippen molar-refractivity contribution in [1.82, 2.24) is 4.90 Å². The zero-order valence-electron chi connectivity index (χ0n) is 12.8. The zero-order chi connectivity index (χ0) is 15.2. The van der Waals surface area contributed by atoms with Gasteiger partial charge in [0.1, 0.15) is 12.4 Å². The van der Waals surface area contributed by atoms with Gasteiger partial charge in [-0.1, -0.05) is 35.9 Å². The van der Waals surface area contributed by atoms with E-state index in [2.05, 4.69) is 0 Å². The first-order chi connectivity index (χ1) is 10.1. The molecule has 0 aliphatic heterocycles. The van der Waals surface area contributed by atoms with Gasteiger partial charge < -0.3 is 9.64 Å². The largest absolute Gasteiger partial charge is 0.491 e. The maximum Gasteiger partial charge on any atom is 0.253 e. The molecule has 0 radical (unpaired) electrons. The highest BCUT2D eigenvalue weighted by atomic mass is 16.5. The number of para-hydroxylation sites is 1. The Morgan fingerprint density at radius 2 is 1.86 bits per heavy atom. The lowest BCUT2D eigenvalue weighted by Gasteiger charge is -2.18. The standard InChI is InChI=1S/C18H21NO2/c1-14-7-6-9-16(13-14)18(20)19(3)11-12-21-17-10-5-4-8-15(17)2/h4-10,13H,11-12H2,1-3H3. The molecule has 0 atom stereocenters. The van der Waals surface area contributed by atoms with Gasteiger partial charge >= 0.3 is 0 Å². The normalized spacial score (nSPS) is 10.2. The molecule has 2 aromatic carbocycles. The Morgan fingerprint density at radius 3 is 2.57 bits per heavy atom. The van der Waals surface area contributed by atoms with Crippen molar-refractivity contribution in [2.75, 3.05) is 20.2 Å². The molecular weight excluding hydrogens is 262 g/mol. The quantitative estimate of drug-likeness (QED) is 0.841. The predicted octanol–water partition coefficient (Wildman–Crippen LogP) is 3.45. The number of benzene rings is 2. The van der Waals surface area contributed by atoms with Crippen LogP contribution in [0.5, 0.6) is 5.75 Å². The molecule has 110 valence electrons. The molecule has 2 rings (SSSR count). The highest BCUT2D eigenvalue weighted by Crippen LogP contribution is 2.16. The van der Waals surface area contributed by atoms with Crippen LogP contribution in [0.2, 0.25) is 0 Å². The fourth-order valence-electron chi connectivity index (χ4n) is 2.11. The van der Waals surface area contributed by atoms with E-state index in [1.165, 1.54) is 0 Å². The summed E-state index contributed by atoms with van der Waals surface area (Å²) >= 11 is 0. The van der Waals surface area contributed by atoms with Crippen molar-refractivity contribution >= 4 is 5.91 Å². The van der Waals surface area contributed by atoms with E-state index < -0.39 is 0 Å². The maximum atomic E-state index is 12.3. The monoisotopic (exact) mass is 283 g/mol. The van der Waals surface area contributed by atoms with Crippen molar-refractivity contribution in [3.63, 3.8) is 0 Å². The van der Waals surface area contributed by atoms with E-state index in [0.29, 0.717) is 18.7 Å². The van der Waals surface area contributed by atoms with Crippen LogP contribution in [0.3, 0.4) is 0 Å². The van der Waals surface area contributed by atoms with E-state index in [1.54, 1.807) is 11.9 Å². The van der Waals surface area contributed by atoms with E-state index in [1.807, 2.05) is 62.4 Å². The Balaban J connectivity index is 1.89. The molecule has 0 saturated heterocycles. The first-order valence-electron chi connectivity index (χ1n) is 7.08. The van der Waals surface area contributed by atoms with Gasteiger partial charge in [-0.15, -0.1) is 0 Å². The summed E-state index contributed by atoms with van der Waals surface area (Å²) in [5, 5.41) is 0. The van der Waals surface area contributed by atoms with Crippen LogP contribution in [0.1, 0.15) is 21.5 Å². The van der Waals surface area contributed by atoms with Gasteiger partial charge in [0.25, 0.3) is 5.91 Å². The van der Waals surface area contributed by atoms with E-state index in [9.17, 15) is 4.79 Å². The number of hydrogen-bond donors (Lipinski definition) is 0. The summed E-state index contributed by atoms with van der Waals surface area (Å²) in [6, 6.07) is 15.5. The van der Waals surface area contributed by atoms with Crippen molar-refractivity contribution in [3.8, 4) is 5.75 Å². The van der Waals surface area contributed by atoms with Crippen molar-refractivity contribution in [2.24, 2.45) is 0 Å². The molecule has 21 heavy (non-hydrogen) atoms. The van der Waals surface area contributed by atoms with Crippen molar-refractivity contribution in [2.45, 2.75) is 13.8 Å². The van der Waals surface area contributed by atoms with Gasteiger partial charge in [-0.05, 0) is 37.6 Å². The Kier molecular flexibility index (Phi) is 4.99. The second-order valence-corrected chi connectivity index (χ2v) is 5.21. The van der Waals surface area contributed by atoms with E-state index in [-0.39, 0.29) is 5.91 Å². The predicted molar refractivity (Wildman–Crippen MR) is 84.8 cm³/mol. The number of amides is 1. The third-order valence-electron chi connectivity index (χ3n) is 3.39. The molecule has 0 saturated carbocycles. The summed E-state index contributed by atoms with van der Waals surface area (Å²) in [7, 11) is 1.80. The Morgan fingerprint density at radius 1 is 1.10 bits per heavy atom. The lowest BCUT2D eigenvalue weighted by atomic mass is 10.1. The van der Waals surface area contributed by atoms with Crippen molar-refractivity contribution < 1.29 is 9.53 Å². The van der Waals surface area contributed by atoms with Gasteiger partial charge in [0.15, 0.2) is 0 Å². The number of carbonyl (C=O) groups excluding carboxylic acids is 1. The summed E-state index contributed by atoms with van der Waals surface area (Å²) < 4.78 is 5.72. The summed E-state index contributed by atoms with van der Waals surface area (Å²) in [4.78, 5) is 14.0. The van der Waals surface area contributed by atoms with E-state index in [0.717, 1.165) is 16.9 Å². The molecule has 0 fully saturated rings. The van der Waals surface area contributed by atoms with Crippen LogP contribution in [-0.4, -0.2) is 31.0 Å². The number of carbonyl (C=O) groups is 1. The Hall–Kier alpha value is -2.29. The lowest BCUT2D eigenvalue weighted by Crippen LogP contribution is -2.30. The minimum absolute atomic E-state index is 0.0204. The minimum atomic E-state index is 0.0204. The Labute approximate surface area is 126 Å². The molecule has 3 nitrogen and oxygen atoms in total. The third-order valence-corrected chi connectivity index (χ3v) is 3.39. The smallest absolute Gasteiger partial charge is 0.253 e. The van der Waals surface area contributed by atoms with Gasteiger partial charge in [-0.3, -0.25) is 4.79 Å². The highest BCUT2D eigenvalue weighted by Gasteiger charge is 2.11. The van der Waals surface area contributed by atoms with Crippen molar-refractivity contribution in [1.29, 1.82) is 0 Å². The molecular formula is C18H21NO2. The molecule has 3 heteroatoms. The van der Waals surface area contributed by atoms with Gasteiger partial charge in [0, 0.05) is 12.6 Å². The molecule has 0 aromatic heterocycles. The Bertz CT molecular complexity index is 622. The van der Waals surface area contributed by atoms with E-state index >= 15 is 0 Å². The second-order valence-electron chi connectivity index (χ2n) is 5.21. The van der Waals surface area contributed by atoms with Gasteiger partial charge in [-0.25, -0.2) is 0 Å². The number of aryl methyl sites for hydroxylation is 2. The average molecular weight is 283 g/mol. The van der Waals surface area contributed by atoms with Crippen LogP contribution in [0, 0.1) is 13.8 Å². The SMILES string of the molecule is Cc1cccc(C(=O)N(C)CCOc2ccccc2C)c1. The molecule has 2 aromatic rings. The van der Waals surface area contributed by atoms with Crippen LogP contribution in [0.25, 0.3) is 0 Å². The molecule has 0 bridgehead atoms. The molecule has 0 N–H and O–H groups in total. The molecule has 1 amide bonds. The van der Waals surface area contributed by atoms with Crippen LogP contribution in [-0.2, 0) is 0 Å². The fourth-order valence-corrected chi connectivity index (χ4v) is 2.11. The van der Waals surface area contributed by atoms with Crippen LogP contribution < -0.4 is 4.74 Å². The van der Waals surface area contributed by atoms with Gasteiger partial charge in [0.2, 0.25) is 0 Å². The molecule has 0 spiro atoms. The van der Waals surface area contributed by atoms with Crippen LogP contribution in [0.4, 0.5) is 0 Å². The van der Waals surface area contributed by atoms with Crippen molar-refractivity contribution in [3.05, 3.63) is 65.2 Å². The molecule has 0 heterocycles.